The van der Waals surface area contributed by atoms with Crippen LogP contribution < -0.4 is 21.7 Å². The van der Waals surface area contributed by atoms with Gasteiger partial charge in [0, 0.05) is 6.42 Å². The van der Waals surface area contributed by atoms with Gasteiger partial charge in [0.25, 0.3) is 0 Å². The highest BCUT2D eigenvalue weighted by molar-refractivity contribution is 7.98. The molecule has 33 heavy (non-hydrogen) atoms. The number of amides is 3. The van der Waals surface area contributed by atoms with Crippen molar-refractivity contribution in [3.63, 3.8) is 0 Å². The van der Waals surface area contributed by atoms with Crippen LogP contribution in [0.15, 0.2) is 0 Å². The number of carbonyl (C=O) groups excluding carboxylic acids is 3. The van der Waals surface area contributed by atoms with Crippen LogP contribution >= 0.6 is 11.8 Å². The monoisotopic (exact) mass is 494 g/mol. The maximum absolute atomic E-state index is 12.7. The summed E-state index contributed by atoms with van der Waals surface area (Å²) in [5.41, 5.74) is 5.75. The maximum atomic E-state index is 12.7. The van der Waals surface area contributed by atoms with E-state index in [0.717, 1.165) is 6.92 Å². The number of carbonyl (C=O) groups is 6. The summed E-state index contributed by atoms with van der Waals surface area (Å²) in [5.74, 6) is -6.77. The quantitative estimate of drug-likeness (QED) is 0.109. The van der Waals surface area contributed by atoms with Gasteiger partial charge in [0.1, 0.15) is 18.1 Å². The van der Waals surface area contributed by atoms with E-state index in [2.05, 4.69) is 10.6 Å². The van der Waals surface area contributed by atoms with Gasteiger partial charge < -0.3 is 42.1 Å². The zero-order valence-corrected chi connectivity index (χ0v) is 19.0. The normalized spacial score (nSPS) is 15.3. The second-order valence-electron chi connectivity index (χ2n) is 7.11. The molecule has 0 spiro atoms. The SMILES string of the molecule is CSCC[C@H](N)C(=O)N[C@@H](CCC(=O)O)C(=O)N[C@H](C(=O)N[C@@H](CC(=O)O)C(=O)O)[C@@H](C)O. The Hall–Kier alpha value is -2.91. The Morgan fingerprint density at radius 2 is 1.42 bits per heavy atom. The van der Waals surface area contributed by atoms with Gasteiger partial charge in [-0.2, -0.15) is 11.8 Å². The van der Waals surface area contributed by atoms with Crippen molar-refractivity contribution in [2.75, 3.05) is 12.0 Å². The van der Waals surface area contributed by atoms with Gasteiger partial charge in [-0.05, 0) is 31.8 Å². The molecule has 188 valence electrons. The van der Waals surface area contributed by atoms with Crippen molar-refractivity contribution in [3.8, 4) is 0 Å². The van der Waals surface area contributed by atoms with E-state index in [9.17, 15) is 33.9 Å². The Bertz CT molecular complexity index is 733. The fourth-order valence-electron chi connectivity index (χ4n) is 2.49. The van der Waals surface area contributed by atoms with E-state index in [0.29, 0.717) is 12.2 Å². The third kappa shape index (κ3) is 12.1. The number of aliphatic hydroxyl groups excluding tert-OH is 1. The number of hydrogen-bond acceptors (Lipinski definition) is 9. The summed E-state index contributed by atoms with van der Waals surface area (Å²) in [4.78, 5) is 70.2. The molecule has 0 aromatic carbocycles. The van der Waals surface area contributed by atoms with Crippen LogP contribution in [-0.4, -0.2) is 98.3 Å². The third-order valence-electron chi connectivity index (χ3n) is 4.31. The highest BCUT2D eigenvalue weighted by Gasteiger charge is 2.33. The van der Waals surface area contributed by atoms with Gasteiger partial charge in [-0.15, -0.1) is 0 Å². The van der Waals surface area contributed by atoms with Crippen LogP contribution in [-0.2, 0) is 28.8 Å². The minimum Gasteiger partial charge on any atom is -0.481 e. The fraction of sp³-hybridized carbons (Fsp3) is 0.667. The van der Waals surface area contributed by atoms with Crippen LogP contribution in [0.25, 0.3) is 0 Å². The highest BCUT2D eigenvalue weighted by atomic mass is 32.2. The number of aliphatic carboxylic acids is 3. The van der Waals surface area contributed by atoms with Gasteiger partial charge in [0.2, 0.25) is 17.7 Å². The van der Waals surface area contributed by atoms with Gasteiger partial charge in [0.15, 0.2) is 0 Å². The van der Waals surface area contributed by atoms with Gasteiger partial charge in [0.05, 0.1) is 18.6 Å². The zero-order valence-electron chi connectivity index (χ0n) is 18.1. The van der Waals surface area contributed by atoms with E-state index in [4.69, 9.17) is 21.1 Å². The number of nitrogens with two attached hydrogens (primary N) is 1. The summed E-state index contributed by atoms with van der Waals surface area (Å²) < 4.78 is 0. The Labute approximate surface area is 193 Å². The highest BCUT2D eigenvalue weighted by Crippen LogP contribution is 2.05. The molecule has 0 aromatic rings. The Kier molecular flexibility index (Phi) is 13.7. The molecule has 3 amide bonds. The molecule has 5 atom stereocenters. The van der Waals surface area contributed by atoms with E-state index < -0.39 is 78.7 Å². The molecule has 0 aliphatic rings. The topological polar surface area (TPSA) is 245 Å². The molecule has 0 aliphatic heterocycles. The molecular weight excluding hydrogens is 464 g/mol. The van der Waals surface area contributed by atoms with Crippen molar-refractivity contribution in [2.45, 2.75) is 62.9 Å². The smallest absolute Gasteiger partial charge is 0.326 e. The minimum atomic E-state index is -1.83. The maximum Gasteiger partial charge on any atom is 0.326 e. The summed E-state index contributed by atoms with van der Waals surface area (Å²) in [5, 5.41) is 43.0. The first-order chi connectivity index (χ1) is 15.3. The third-order valence-corrected chi connectivity index (χ3v) is 4.95. The Morgan fingerprint density at radius 3 is 1.88 bits per heavy atom. The minimum absolute atomic E-state index is 0.291. The van der Waals surface area contributed by atoms with Crippen LogP contribution in [0, 0.1) is 0 Å². The molecule has 0 heterocycles. The predicted molar refractivity (Wildman–Crippen MR) is 115 cm³/mol. The van der Waals surface area contributed by atoms with Crippen molar-refractivity contribution >= 4 is 47.4 Å². The molecular formula is C18H30N4O10S. The molecule has 0 radical (unpaired) electrons. The van der Waals surface area contributed by atoms with Crippen LogP contribution in [0.2, 0.25) is 0 Å². The van der Waals surface area contributed by atoms with Gasteiger partial charge in [-0.25, -0.2) is 4.79 Å². The number of carboxylic acid groups (broad SMARTS) is 3. The molecule has 0 rings (SSSR count). The summed E-state index contributed by atoms with van der Waals surface area (Å²) in [7, 11) is 0. The molecule has 0 unspecified atom stereocenters. The molecule has 15 heteroatoms. The average Bonchev–Trinajstić information content (AvgIpc) is 2.71. The van der Waals surface area contributed by atoms with Gasteiger partial charge in [-0.1, -0.05) is 0 Å². The Morgan fingerprint density at radius 1 is 0.848 bits per heavy atom. The lowest BCUT2D eigenvalue weighted by Gasteiger charge is -2.26. The van der Waals surface area contributed by atoms with E-state index in [-0.39, 0.29) is 6.42 Å². The molecule has 0 saturated carbocycles. The molecule has 0 saturated heterocycles. The number of hydrogen-bond donors (Lipinski definition) is 8. The first-order valence-electron chi connectivity index (χ1n) is 9.80. The van der Waals surface area contributed by atoms with Gasteiger partial charge >= 0.3 is 17.9 Å². The van der Waals surface area contributed by atoms with Crippen molar-refractivity contribution in [3.05, 3.63) is 0 Å². The van der Waals surface area contributed by atoms with Crippen molar-refractivity contribution in [1.29, 1.82) is 0 Å². The number of aliphatic hydroxyl groups is 1. The summed E-state index contributed by atoms with van der Waals surface area (Å²) in [6, 6.07) is -5.94. The van der Waals surface area contributed by atoms with E-state index >= 15 is 0 Å². The lowest BCUT2D eigenvalue weighted by atomic mass is 10.1. The van der Waals surface area contributed by atoms with E-state index in [1.807, 2.05) is 5.32 Å². The number of nitrogens with one attached hydrogen (secondary N) is 3. The zero-order chi connectivity index (χ0) is 25.7. The molecule has 0 bridgehead atoms. The van der Waals surface area contributed by atoms with Gasteiger partial charge in [-0.3, -0.25) is 24.0 Å². The average molecular weight is 495 g/mol. The van der Waals surface area contributed by atoms with Crippen LogP contribution in [0.3, 0.4) is 0 Å². The molecule has 14 nitrogen and oxygen atoms in total. The number of thioether (sulfide) groups is 1. The van der Waals surface area contributed by atoms with E-state index in [1.54, 1.807) is 6.26 Å². The van der Waals surface area contributed by atoms with Crippen LogP contribution in [0.5, 0.6) is 0 Å². The molecule has 0 fully saturated rings. The predicted octanol–water partition coefficient (Wildman–Crippen LogP) is -2.67. The fourth-order valence-corrected chi connectivity index (χ4v) is 2.98. The Balaban J connectivity index is 5.45. The summed E-state index contributed by atoms with van der Waals surface area (Å²) in [6.45, 7) is 1.11. The van der Waals surface area contributed by atoms with Crippen molar-refractivity contribution in [1.82, 2.24) is 16.0 Å². The number of carboxylic acids is 3. The van der Waals surface area contributed by atoms with Crippen LogP contribution in [0.1, 0.15) is 32.6 Å². The number of rotatable bonds is 16. The van der Waals surface area contributed by atoms with Crippen molar-refractivity contribution in [2.24, 2.45) is 5.73 Å². The standard InChI is InChI=1S/C18H30N4O10S/c1-8(23)14(17(30)21-11(18(31)32)7-13(26)27)22-16(29)10(3-4-12(24)25)20-15(28)9(19)5-6-33-2/h8-11,14,23H,3-7,19H2,1-2H3,(H,20,28)(H,21,30)(H,22,29)(H,24,25)(H,26,27)(H,31,32)/t8-,9+,10+,11+,14+/m1/s1. The lowest BCUT2D eigenvalue weighted by Crippen LogP contribution is -2.60. The second kappa shape index (κ2) is 15.0. The largest absolute Gasteiger partial charge is 0.481 e. The first kappa shape index (κ1) is 30.1. The summed E-state index contributed by atoms with van der Waals surface area (Å²) in [6.07, 6.45) is -1.27. The first-order valence-corrected chi connectivity index (χ1v) is 11.2. The lowest BCUT2D eigenvalue weighted by molar-refractivity contribution is -0.148. The van der Waals surface area contributed by atoms with Crippen LogP contribution in [0.4, 0.5) is 0 Å². The molecule has 0 aromatic heterocycles. The molecule has 9 N–H and O–H groups in total. The second-order valence-corrected chi connectivity index (χ2v) is 8.09. The van der Waals surface area contributed by atoms with E-state index in [1.165, 1.54) is 11.8 Å². The summed E-state index contributed by atoms with van der Waals surface area (Å²) >= 11 is 1.44. The molecule has 0 aliphatic carbocycles. The van der Waals surface area contributed by atoms with Crippen molar-refractivity contribution < 1.29 is 49.2 Å².